The Kier molecular flexibility index (Phi) is 22.9. The van der Waals surface area contributed by atoms with E-state index in [1.165, 1.54) is 44.5 Å². The highest BCUT2D eigenvalue weighted by atomic mass is 31.2. The lowest BCUT2D eigenvalue weighted by molar-refractivity contribution is -0.161. The Bertz CT molecular complexity index is 3750. The highest BCUT2D eigenvalue weighted by Gasteiger charge is 2.55. The van der Waals surface area contributed by atoms with Crippen molar-refractivity contribution in [1.82, 2.24) is 25.8 Å². The smallest absolute Gasteiger partial charge is 0.325 e. The van der Waals surface area contributed by atoms with Gasteiger partial charge in [0.1, 0.15) is 53.6 Å². The van der Waals surface area contributed by atoms with Crippen LogP contribution in [-0.2, 0) is 54.6 Å². The Balaban J connectivity index is 1.09. The summed E-state index contributed by atoms with van der Waals surface area (Å²) in [6.07, 6.45) is 6.39. The molecule has 5 heterocycles. The third kappa shape index (κ3) is 15.8. The van der Waals surface area contributed by atoms with Gasteiger partial charge in [-0.25, -0.2) is 0 Å². The number of fused-ring (bicyclic) bond motifs is 13. The number of ketones is 2. The molecule has 5 aliphatic heterocycles. The fraction of sp³-hybridized carbons (Fsp3) is 0.521. The summed E-state index contributed by atoms with van der Waals surface area (Å²) in [4.78, 5) is 132. The summed E-state index contributed by atoms with van der Waals surface area (Å²) in [5, 5.41) is 33.6. The van der Waals surface area contributed by atoms with Gasteiger partial charge in [-0.1, -0.05) is 125 Å². The van der Waals surface area contributed by atoms with E-state index < -0.39 is 120 Å². The Labute approximate surface area is 562 Å². The summed E-state index contributed by atoms with van der Waals surface area (Å²) < 4.78 is 37.8. The molecule has 0 aromatic heterocycles. The van der Waals surface area contributed by atoms with Crippen LogP contribution in [0.2, 0.25) is 0 Å². The third-order valence-corrected chi connectivity index (χ3v) is 21.6. The highest BCUT2D eigenvalue weighted by Crippen LogP contribution is 2.51. The van der Waals surface area contributed by atoms with E-state index in [1.807, 2.05) is 27.7 Å². The van der Waals surface area contributed by atoms with Gasteiger partial charge in [-0.2, -0.15) is 0 Å². The number of nitrogens with zero attached hydrogens (tertiary/aromatic N) is 3. The number of esters is 2. The molecule has 1 fully saturated rings. The standard InChI is InChI=1S/C73H95N6O16P/c1-16-55(82)93-53-26-25-50(96(90,91)34-32-80)36-51(53)71(12,13)37-54(81)74-52(35-49-23-18-17-19-24-49)70(89)78(15)39-56(83)94-66-42(5)21-20-22-43(6)69(88)75-62-61-60(76-73(77-61)28-30-79(31-29-73)38-40(2)3)57-58(65(62)86)64(85)48(11)67-59(57)68(87)72(14,95-67)92-33-27-41(4)44(7)45(8)46(9)63(84)47(66)10/h17-27,32-33,36,40-42,44-47,52,63,66,77,84-85H,16,28-31,34-35,37-39H2,1-15H3,(H,74,81)(H,75,88)(H,90,91)/b21-20+,33-27+,43-22-/t41-,42-,44+,45+,46-,47-,52-,63-,66-,72-/m0/s1. The molecule has 5 bridgehead atoms. The average Bonchev–Trinajstić information content (AvgIpc) is 1.51. The maximum atomic E-state index is 15.1. The number of rotatable bonds is 17. The van der Waals surface area contributed by atoms with Crippen LogP contribution in [0.1, 0.15) is 159 Å². The van der Waals surface area contributed by atoms with Crippen LogP contribution in [0.3, 0.4) is 0 Å². The number of aliphatic hydroxyl groups excluding tert-OH is 1. The van der Waals surface area contributed by atoms with Crippen molar-refractivity contribution >= 4 is 65.9 Å². The van der Waals surface area contributed by atoms with Crippen LogP contribution in [0.15, 0.2) is 101 Å². The van der Waals surface area contributed by atoms with Crippen molar-refractivity contribution < 1.29 is 77.0 Å². The van der Waals surface area contributed by atoms with E-state index in [4.69, 9.17) is 23.9 Å². The summed E-state index contributed by atoms with van der Waals surface area (Å²) in [5.41, 5.74) is -0.766. The number of benzene rings is 3. The van der Waals surface area contributed by atoms with Crippen LogP contribution >= 0.6 is 7.37 Å². The van der Waals surface area contributed by atoms with Gasteiger partial charge in [-0.15, -0.1) is 0 Å². The monoisotopic (exact) mass is 1340 g/mol. The highest BCUT2D eigenvalue weighted by molar-refractivity contribution is 7.66. The number of phenolic OH excluding ortho intramolecular Hbond substituents is 1. The molecule has 23 heteroatoms. The van der Waals surface area contributed by atoms with E-state index in [9.17, 15) is 53.2 Å². The number of hydrogen-bond acceptors (Lipinski definition) is 18. The molecule has 1 aliphatic carbocycles. The van der Waals surface area contributed by atoms with E-state index in [-0.39, 0.29) is 104 Å². The number of amides is 3. The lowest BCUT2D eigenvalue weighted by Crippen LogP contribution is -2.51. The van der Waals surface area contributed by atoms with E-state index in [2.05, 4.69) is 34.7 Å². The summed E-state index contributed by atoms with van der Waals surface area (Å²) in [5.74, 6) is -8.89. The molecule has 22 nitrogen and oxygen atoms in total. The van der Waals surface area contributed by atoms with Gasteiger partial charge in [0.15, 0.2) is 0 Å². The Morgan fingerprint density at radius 1 is 0.917 bits per heavy atom. The minimum absolute atomic E-state index is 0.0000991. The number of aliphatic hydroxyl groups is 1. The molecular weight excluding hydrogens is 1250 g/mol. The fourth-order valence-electron chi connectivity index (χ4n) is 13.5. The van der Waals surface area contributed by atoms with E-state index in [0.29, 0.717) is 43.7 Å². The number of aldehydes is 1. The Morgan fingerprint density at radius 2 is 1.59 bits per heavy atom. The molecule has 3 amide bonds. The van der Waals surface area contributed by atoms with Gasteiger partial charge < -0.3 is 64.6 Å². The molecule has 9 rings (SSSR count). The van der Waals surface area contributed by atoms with Gasteiger partial charge in [0.25, 0.3) is 11.7 Å². The van der Waals surface area contributed by atoms with Crippen LogP contribution in [0.4, 0.5) is 0 Å². The van der Waals surface area contributed by atoms with Crippen LogP contribution in [-0.4, -0.2) is 147 Å². The van der Waals surface area contributed by atoms with Crippen LogP contribution in [0.5, 0.6) is 17.2 Å². The van der Waals surface area contributed by atoms with Crippen LogP contribution in [0, 0.1) is 48.3 Å². The van der Waals surface area contributed by atoms with Crippen molar-refractivity contribution in [2.45, 2.75) is 164 Å². The minimum Gasteiger partial charge on any atom is -0.507 e. The predicted octanol–water partition coefficient (Wildman–Crippen LogP) is 8.46. The maximum absolute atomic E-state index is 15.1. The second kappa shape index (κ2) is 29.8. The molecule has 96 heavy (non-hydrogen) atoms. The second-order valence-corrected chi connectivity index (χ2v) is 30.3. The first-order valence-corrected chi connectivity index (χ1v) is 35.0. The number of nitrogens with one attached hydrogen (secondary N) is 3. The molecule has 3 aromatic rings. The van der Waals surface area contributed by atoms with Gasteiger partial charge in [0.05, 0.1) is 41.1 Å². The van der Waals surface area contributed by atoms with Gasteiger partial charge in [-0.3, -0.25) is 43.1 Å². The van der Waals surface area contributed by atoms with Gasteiger partial charge in [-0.05, 0) is 73.3 Å². The van der Waals surface area contributed by atoms with Crippen molar-refractivity contribution in [3.63, 3.8) is 0 Å². The molecule has 1 unspecified atom stereocenters. The Morgan fingerprint density at radius 3 is 2.24 bits per heavy atom. The zero-order valence-electron chi connectivity index (χ0n) is 57.9. The van der Waals surface area contributed by atoms with Crippen molar-refractivity contribution in [2.24, 2.45) is 46.4 Å². The molecule has 3 aromatic carbocycles. The van der Waals surface area contributed by atoms with Crippen LogP contribution in [0.25, 0.3) is 0 Å². The first-order chi connectivity index (χ1) is 45.1. The van der Waals surface area contributed by atoms with Crippen LogP contribution < -0.4 is 30.7 Å². The fourth-order valence-corrected chi connectivity index (χ4v) is 14.6. The van der Waals surface area contributed by atoms with E-state index in [1.54, 1.807) is 97.0 Å². The number of allylic oxidation sites excluding steroid dienone is 5. The zero-order valence-corrected chi connectivity index (χ0v) is 58.8. The predicted molar refractivity (Wildman–Crippen MR) is 363 cm³/mol. The van der Waals surface area contributed by atoms with Crippen molar-refractivity contribution in [3.05, 3.63) is 129 Å². The number of carbonyl (C=O) groups is 8. The number of piperidine rings is 1. The molecule has 6 aliphatic rings. The summed E-state index contributed by atoms with van der Waals surface area (Å²) in [7, 11) is -2.79. The van der Waals surface area contributed by atoms with Crippen molar-refractivity contribution in [2.75, 3.05) is 39.4 Å². The quantitative estimate of drug-likeness (QED) is 0.0319. The zero-order chi connectivity index (χ0) is 70.7. The number of hydrogen-bond donors (Lipinski definition) is 6. The molecule has 1 saturated heterocycles. The largest absolute Gasteiger partial charge is 0.507 e. The number of aliphatic imine (C=N–C) groups is 1. The molecule has 518 valence electrons. The van der Waals surface area contributed by atoms with E-state index >= 15 is 4.79 Å². The lowest BCUT2D eigenvalue weighted by Gasteiger charge is -2.38. The SMILES string of the molecule is CCC(=O)Oc1ccc(P(=O)(O)CC=O)cc1C(C)(C)CC(=O)N[C@@H](Cc1ccccc1)C(=O)N(C)CC(=O)O[C@@H]1[C@@H](C)[C@@H](O)[C@@H](C)[C@H](C)[C@H](C)[C@@H](C)/C=C/O[C@@]2(C)Oc3c(C)c(O)c4c(c3C2=O)C2=NC3(CCN(CC(C)C)CC3)NC2=C(NC(=O)/C(C)=C\C=C\[C@@H]1C)C4=O. The average molecular weight is 1340 g/mol. The number of likely N-dealkylation sites (tertiary alicyclic amines) is 1. The first-order valence-electron chi connectivity index (χ1n) is 33.2. The number of aromatic hydroxyl groups is 1. The van der Waals surface area contributed by atoms with Crippen molar-refractivity contribution in [3.8, 4) is 17.2 Å². The summed E-state index contributed by atoms with van der Waals surface area (Å²) in [6.45, 7) is 26.9. The maximum Gasteiger partial charge on any atom is 0.325 e. The van der Waals surface area contributed by atoms with Gasteiger partial charge in [0.2, 0.25) is 25.0 Å². The number of ether oxygens (including phenoxy) is 4. The van der Waals surface area contributed by atoms with Gasteiger partial charge in [0, 0.05) is 111 Å². The number of Topliss-reactive ketones (excluding diaryl/α,β-unsaturated/α-hetero) is 2. The Hall–Kier alpha value is -8.04. The third-order valence-electron chi connectivity index (χ3n) is 19.9. The van der Waals surface area contributed by atoms with E-state index in [0.717, 1.165) is 11.4 Å². The normalized spacial score (nSPS) is 26.7. The number of likely N-dealkylation sites (N-methyl/N-ethyl adjacent to an activating group) is 1. The minimum atomic E-state index is -4.19. The summed E-state index contributed by atoms with van der Waals surface area (Å²) in [6, 6.07) is 11.7. The lowest BCUT2D eigenvalue weighted by atomic mass is 9.72. The topological polar surface area (TPSA) is 306 Å². The first kappa shape index (κ1) is 73.8. The number of phenols is 1. The molecule has 0 radical (unpaired) electrons. The second-order valence-electron chi connectivity index (χ2n) is 28.1. The number of carbonyl (C=O) groups excluding carboxylic acids is 8. The molecule has 1 spiro atoms. The molecular formula is C73H95N6O16P. The van der Waals surface area contributed by atoms with Crippen molar-refractivity contribution in [1.29, 1.82) is 0 Å². The molecule has 11 atom stereocenters. The summed E-state index contributed by atoms with van der Waals surface area (Å²) >= 11 is 0. The van der Waals surface area contributed by atoms with Gasteiger partial charge >= 0.3 is 17.7 Å². The molecule has 0 saturated carbocycles. The molecule has 6 N–H and O–H groups in total.